The first-order chi connectivity index (χ1) is 10.9. The molecular weight excluding hydrogens is 409 g/mol. The zero-order valence-electron chi connectivity index (χ0n) is 13.4. The molecule has 1 aliphatic carbocycles. The van der Waals surface area contributed by atoms with Gasteiger partial charge in [0.2, 0.25) is 14.8 Å². The first kappa shape index (κ1) is 19.7. The Morgan fingerprint density at radius 3 is 2.00 bits per heavy atom. The summed E-state index contributed by atoms with van der Waals surface area (Å²) < 4.78 is 66.5. The normalized spacial score (nSPS) is 16.3. The van der Waals surface area contributed by atoms with Crippen LogP contribution in [0.1, 0.15) is 50.0 Å². The van der Waals surface area contributed by atoms with E-state index in [0.717, 1.165) is 23.8 Å². The molecule has 3 rings (SSSR count). The molecule has 0 bridgehead atoms. The monoisotopic (exact) mass is 426 g/mol. The summed E-state index contributed by atoms with van der Waals surface area (Å²) in [4.78, 5) is 0.610. The first-order valence-corrected chi connectivity index (χ1v) is 10.5. The fraction of sp³-hybridized carbons (Fsp3) is 0.500. The third kappa shape index (κ3) is 4.70. The number of halogens is 4. The molecule has 0 saturated heterocycles. The number of fused-ring (bicyclic) bond motifs is 1. The second-order valence-electron chi connectivity index (χ2n) is 6.76. The van der Waals surface area contributed by atoms with Crippen LogP contribution < -0.4 is 12.6 Å². The standard InChI is InChI=1S/C16H18F3S.BrO3/c1-15(2,3)12-7-6-11-8-13(10-4-5-10)20(14(11)9-12)16(17,18)19;2-1(3)4/h6-10H,4-5H2,1-3H3;/q+1;-1. The van der Waals surface area contributed by atoms with Gasteiger partial charge >= 0.3 is 5.51 Å². The molecule has 1 saturated carbocycles. The highest BCUT2D eigenvalue weighted by Gasteiger charge is 2.51. The third-order valence-corrected chi connectivity index (χ3v) is 6.02. The molecule has 0 N–H and O–H groups in total. The maximum Gasteiger partial charge on any atom is 0.600 e. The van der Waals surface area contributed by atoms with Crippen molar-refractivity contribution in [1.82, 2.24) is 0 Å². The van der Waals surface area contributed by atoms with Gasteiger partial charge in [-0.2, -0.15) is 0 Å². The minimum Gasteiger partial charge on any atom is -0.405 e. The molecule has 8 heteroatoms. The predicted molar refractivity (Wildman–Crippen MR) is 78.4 cm³/mol. The van der Waals surface area contributed by atoms with Crippen LogP contribution in [0.4, 0.5) is 13.2 Å². The Morgan fingerprint density at radius 1 is 1.04 bits per heavy atom. The number of alkyl halides is 3. The van der Waals surface area contributed by atoms with E-state index in [0.29, 0.717) is 9.58 Å². The Hall–Kier alpha value is -0.670. The second kappa shape index (κ2) is 6.92. The quantitative estimate of drug-likeness (QED) is 0.658. The van der Waals surface area contributed by atoms with Crippen molar-refractivity contribution >= 4 is 20.6 Å². The molecule has 1 aliphatic rings. The lowest BCUT2D eigenvalue weighted by molar-refractivity contribution is -1.73. The molecule has 0 spiro atoms. The van der Waals surface area contributed by atoms with Gasteiger partial charge in [0.1, 0.15) is 0 Å². The molecule has 24 heavy (non-hydrogen) atoms. The highest BCUT2D eigenvalue weighted by molar-refractivity contribution is 7.38. The van der Waals surface area contributed by atoms with Crippen molar-refractivity contribution in [3.05, 3.63) is 34.7 Å². The van der Waals surface area contributed by atoms with Crippen molar-refractivity contribution < 1.29 is 40.6 Å². The molecule has 1 fully saturated rings. The van der Waals surface area contributed by atoms with E-state index in [-0.39, 0.29) is 11.3 Å². The van der Waals surface area contributed by atoms with E-state index in [1.807, 2.05) is 32.9 Å². The van der Waals surface area contributed by atoms with Gasteiger partial charge in [-0.1, -0.05) is 26.8 Å². The van der Waals surface area contributed by atoms with E-state index >= 15 is 0 Å². The average Bonchev–Trinajstić information content (AvgIpc) is 3.15. The summed E-state index contributed by atoms with van der Waals surface area (Å²) in [5.74, 6) is 0.158. The minimum absolute atomic E-state index is 0.127. The number of hydrogen-bond acceptors (Lipinski definition) is 3. The van der Waals surface area contributed by atoms with Gasteiger partial charge in [0.25, 0.3) is 0 Å². The van der Waals surface area contributed by atoms with Crippen molar-refractivity contribution in [1.29, 1.82) is 0 Å². The lowest BCUT2D eigenvalue weighted by Crippen LogP contribution is -2.42. The first-order valence-electron chi connectivity index (χ1n) is 7.31. The van der Waals surface area contributed by atoms with Gasteiger partial charge in [0.05, 0.1) is 10.5 Å². The van der Waals surface area contributed by atoms with E-state index in [2.05, 4.69) is 0 Å². The van der Waals surface area contributed by atoms with Crippen molar-refractivity contribution in [3.63, 3.8) is 0 Å². The Kier molecular flexibility index (Phi) is 5.66. The van der Waals surface area contributed by atoms with Crippen LogP contribution in [0.2, 0.25) is 0 Å². The molecule has 0 aliphatic heterocycles. The summed E-state index contributed by atoms with van der Waals surface area (Å²) in [6.45, 7) is 6.10. The Labute approximate surface area is 146 Å². The highest BCUT2D eigenvalue weighted by Crippen LogP contribution is 2.58. The Bertz CT molecular complexity index is 713. The second-order valence-corrected chi connectivity index (χ2v) is 9.54. The molecule has 0 amide bonds. The fourth-order valence-corrected chi connectivity index (χ4v) is 4.74. The molecule has 1 unspecified atom stereocenters. The smallest absolute Gasteiger partial charge is 0.405 e. The van der Waals surface area contributed by atoms with Crippen molar-refractivity contribution in [3.8, 4) is 0 Å². The summed E-state index contributed by atoms with van der Waals surface area (Å²) >= 11 is -3.65. The zero-order chi connectivity index (χ0) is 18.3. The lowest BCUT2D eigenvalue weighted by Gasteiger charge is -2.18. The maximum absolute atomic E-state index is 13.5. The third-order valence-electron chi connectivity index (χ3n) is 3.84. The largest absolute Gasteiger partial charge is 0.600 e. The summed E-state index contributed by atoms with van der Waals surface area (Å²) in [5, 5.41) is 0.764. The Balaban J connectivity index is 0.000000471. The lowest BCUT2D eigenvalue weighted by atomic mass is 9.87. The van der Waals surface area contributed by atoms with Crippen LogP contribution in [-0.4, -0.2) is 0 Å². The van der Waals surface area contributed by atoms with Crippen molar-refractivity contribution in [2.75, 3.05) is 0 Å². The van der Waals surface area contributed by atoms with Crippen LogP contribution in [0.25, 0.3) is 10.1 Å². The molecule has 1 heterocycles. The molecule has 0 radical (unpaired) electrons. The zero-order valence-corrected chi connectivity index (χ0v) is 15.8. The van der Waals surface area contributed by atoms with Crippen LogP contribution in [0, 0.1) is 14.8 Å². The van der Waals surface area contributed by atoms with Gasteiger partial charge in [-0.25, -0.2) is 0 Å². The van der Waals surface area contributed by atoms with E-state index in [4.69, 9.17) is 12.6 Å². The maximum atomic E-state index is 13.5. The van der Waals surface area contributed by atoms with Crippen LogP contribution in [0.5, 0.6) is 0 Å². The molecular formula is C16H18BrF3O3S. The predicted octanol–water partition coefficient (Wildman–Crippen LogP) is 2.67. The molecule has 1 atom stereocenters. The van der Waals surface area contributed by atoms with Crippen LogP contribution >= 0.6 is 10.5 Å². The summed E-state index contributed by atoms with van der Waals surface area (Å²) in [7, 11) is -1.71. The van der Waals surface area contributed by atoms with Crippen LogP contribution in [0.15, 0.2) is 24.3 Å². The summed E-state index contributed by atoms with van der Waals surface area (Å²) in [6, 6.07) is 7.38. The number of rotatable bonds is 1. The highest BCUT2D eigenvalue weighted by atomic mass is 80.0. The van der Waals surface area contributed by atoms with Gasteiger partial charge in [-0.15, -0.1) is 13.2 Å². The van der Waals surface area contributed by atoms with Crippen molar-refractivity contribution in [2.24, 2.45) is 0 Å². The van der Waals surface area contributed by atoms with Gasteiger partial charge in [0.15, 0.2) is 9.58 Å². The topological polar surface area (TPSA) is 69.2 Å². The van der Waals surface area contributed by atoms with Gasteiger partial charge in [-0.05, 0) is 29.9 Å². The van der Waals surface area contributed by atoms with Crippen molar-refractivity contribution in [2.45, 2.75) is 50.5 Å². The van der Waals surface area contributed by atoms with E-state index in [9.17, 15) is 13.2 Å². The van der Waals surface area contributed by atoms with Crippen LogP contribution in [0.3, 0.4) is 0 Å². The van der Waals surface area contributed by atoms with Gasteiger partial charge in [-0.3, -0.25) is 0 Å². The van der Waals surface area contributed by atoms with Crippen LogP contribution in [-0.2, 0) is 10.9 Å². The fourth-order valence-electron chi connectivity index (χ4n) is 2.55. The molecule has 1 aromatic carbocycles. The minimum atomic E-state index is -4.16. The molecule has 1 aromatic heterocycles. The SMILES string of the molecule is CC(C)(C)c1ccc2cc(C3CC3)[s+](C(F)(F)F)c2c1.[O-][Br+2]([O-])[O-]. The van der Waals surface area contributed by atoms with E-state index in [1.165, 1.54) is 0 Å². The molecule has 2 aromatic rings. The molecule has 3 nitrogen and oxygen atoms in total. The van der Waals surface area contributed by atoms with E-state index < -0.39 is 30.8 Å². The number of thiophene rings is 1. The summed E-state index contributed by atoms with van der Waals surface area (Å²) in [6.07, 6.45) is 1.82. The number of hydrogen-bond donors (Lipinski definition) is 0. The molecule has 134 valence electrons. The Morgan fingerprint density at radius 2 is 1.58 bits per heavy atom. The summed E-state index contributed by atoms with van der Waals surface area (Å²) in [5.41, 5.74) is -3.31. The van der Waals surface area contributed by atoms with E-state index in [1.54, 1.807) is 12.1 Å². The van der Waals surface area contributed by atoms with Gasteiger partial charge in [0, 0.05) is 23.4 Å². The number of benzene rings is 1. The van der Waals surface area contributed by atoms with Gasteiger partial charge < -0.3 is 12.6 Å². The average molecular weight is 427 g/mol.